The molecule has 0 saturated carbocycles. The fraction of sp³-hybridized carbons (Fsp3) is 0.130. The molecule has 2 amide bonds. The van der Waals surface area contributed by atoms with E-state index in [1.54, 1.807) is 37.4 Å². The summed E-state index contributed by atoms with van der Waals surface area (Å²) in [5, 5.41) is 2.61. The second kappa shape index (κ2) is 9.50. The molecule has 0 bridgehead atoms. The Hall–Kier alpha value is -3.67. The highest BCUT2D eigenvalue weighted by molar-refractivity contribution is 6.39. The molecular weight excluding hydrogens is 371 g/mol. The smallest absolute Gasteiger partial charge is 0.313 e. The van der Waals surface area contributed by atoms with Crippen LogP contribution < -0.4 is 10.1 Å². The number of carbonyl (C=O) groups excluding carboxylic acids is 2. The molecule has 0 fully saturated rings. The molecule has 148 valence electrons. The Labute approximate surface area is 168 Å². The summed E-state index contributed by atoms with van der Waals surface area (Å²) >= 11 is 0. The summed E-state index contributed by atoms with van der Waals surface area (Å²) in [6, 6.07) is 22.3. The van der Waals surface area contributed by atoms with Crippen LogP contribution in [0.4, 0.5) is 10.1 Å². The van der Waals surface area contributed by atoms with Crippen molar-refractivity contribution in [2.45, 2.75) is 13.2 Å². The lowest BCUT2D eigenvalue weighted by Crippen LogP contribution is -2.36. The average Bonchev–Trinajstić information content (AvgIpc) is 2.73. The van der Waals surface area contributed by atoms with Crippen LogP contribution >= 0.6 is 0 Å². The van der Waals surface area contributed by atoms with E-state index in [1.807, 2.05) is 36.4 Å². The molecule has 0 aliphatic rings. The van der Waals surface area contributed by atoms with Crippen molar-refractivity contribution in [1.29, 1.82) is 0 Å². The number of nitrogens with one attached hydrogen (secondary N) is 1. The van der Waals surface area contributed by atoms with Crippen molar-refractivity contribution < 1.29 is 18.7 Å². The first-order chi connectivity index (χ1) is 14.0. The van der Waals surface area contributed by atoms with Gasteiger partial charge in [-0.1, -0.05) is 48.5 Å². The predicted molar refractivity (Wildman–Crippen MR) is 109 cm³/mol. The van der Waals surface area contributed by atoms with Crippen molar-refractivity contribution in [2.24, 2.45) is 0 Å². The maximum Gasteiger partial charge on any atom is 0.313 e. The predicted octanol–water partition coefficient (Wildman–Crippen LogP) is 4.00. The van der Waals surface area contributed by atoms with Gasteiger partial charge < -0.3 is 15.0 Å². The van der Waals surface area contributed by atoms with Gasteiger partial charge in [0, 0.05) is 25.3 Å². The first kappa shape index (κ1) is 20.1. The first-order valence-electron chi connectivity index (χ1n) is 9.09. The summed E-state index contributed by atoms with van der Waals surface area (Å²) in [5.74, 6) is -1.30. The molecule has 3 rings (SSSR count). The van der Waals surface area contributed by atoms with E-state index >= 15 is 0 Å². The summed E-state index contributed by atoms with van der Waals surface area (Å²) in [4.78, 5) is 26.0. The van der Waals surface area contributed by atoms with Gasteiger partial charge in [-0.15, -0.1) is 0 Å². The summed E-state index contributed by atoms with van der Waals surface area (Å²) in [6.45, 7) is 0.545. The van der Waals surface area contributed by atoms with E-state index in [4.69, 9.17) is 4.74 Å². The van der Waals surface area contributed by atoms with Crippen LogP contribution in [0.1, 0.15) is 11.1 Å². The number of hydrogen-bond acceptors (Lipinski definition) is 3. The normalized spacial score (nSPS) is 10.3. The van der Waals surface area contributed by atoms with Gasteiger partial charge in [0.15, 0.2) is 0 Å². The van der Waals surface area contributed by atoms with Crippen molar-refractivity contribution in [1.82, 2.24) is 4.90 Å². The Morgan fingerprint density at radius 3 is 2.41 bits per heavy atom. The highest BCUT2D eigenvalue weighted by Crippen LogP contribution is 2.16. The zero-order chi connectivity index (χ0) is 20.6. The minimum atomic E-state index is -0.716. The standard InChI is InChI=1S/C23H21FN2O3/c1-26(15-17-7-3-2-4-8-17)23(28)22(27)25-20-11-5-9-18(13-20)16-29-21-12-6-10-19(24)14-21/h2-14H,15-16H2,1H3,(H,25,27). The van der Waals surface area contributed by atoms with E-state index in [9.17, 15) is 14.0 Å². The zero-order valence-electron chi connectivity index (χ0n) is 16.0. The molecule has 0 saturated heterocycles. The largest absolute Gasteiger partial charge is 0.489 e. The van der Waals surface area contributed by atoms with Gasteiger partial charge in [-0.3, -0.25) is 9.59 Å². The molecule has 0 heterocycles. The number of hydrogen-bond donors (Lipinski definition) is 1. The summed E-state index contributed by atoms with van der Waals surface area (Å²) < 4.78 is 18.8. The number of halogens is 1. The van der Waals surface area contributed by atoms with Gasteiger partial charge >= 0.3 is 11.8 Å². The fourth-order valence-corrected chi connectivity index (χ4v) is 2.75. The topological polar surface area (TPSA) is 58.6 Å². The summed E-state index contributed by atoms with van der Waals surface area (Å²) in [7, 11) is 1.58. The van der Waals surface area contributed by atoms with Gasteiger partial charge in [0.05, 0.1) is 0 Å². The molecule has 3 aromatic carbocycles. The second-order valence-corrected chi connectivity index (χ2v) is 6.55. The van der Waals surface area contributed by atoms with E-state index in [0.717, 1.165) is 11.1 Å². The Morgan fingerprint density at radius 2 is 1.66 bits per heavy atom. The van der Waals surface area contributed by atoms with Crippen LogP contribution in [-0.2, 0) is 22.7 Å². The molecule has 0 radical (unpaired) electrons. The maximum atomic E-state index is 13.2. The van der Waals surface area contributed by atoms with Crippen LogP contribution in [0.5, 0.6) is 5.75 Å². The van der Waals surface area contributed by atoms with Crippen LogP contribution in [0.15, 0.2) is 78.9 Å². The third-order valence-corrected chi connectivity index (χ3v) is 4.19. The minimum absolute atomic E-state index is 0.203. The van der Waals surface area contributed by atoms with Gasteiger partial charge in [-0.05, 0) is 35.4 Å². The van der Waals surface area contributed by atoms with Crippen LogP contribution in [-0.4, -0.2) is 23.8 Å². The molecule has 6 heteroatoms. The Kier molecular flexibility index (Phi) is 6.58. The summed E-state index contributed by atoms with van der Waals surface area (Å²) in [6.07, 6.45) is 0. The molecule has 29 heavy (non-hydrogen) atoms. The number of likely N-dealkylation sites (N-methyl/N-ethyl adjacent to an activating group) is 1. The number of rotatable bonds is 6. The van der Waals surface area contributed by atoms with Gasteiger partial charge in [0.1, 0.15) is 18.2 Å². The van der Waals surface area contributed by atoms with Crippen LogP contribution in [0.25, 0.3) is 0 Å². The number of ether oxygens (including phenoxy) is 1. The van der Waals surface area contributed by atoms with Gasteiger partial charge in [0.2, 0.25) is 0 Å². The molecule has 0 aliphatic carbocycles. The molecule has 1 N–H and O–H groups in total. The average molecular weight is 392 g/mol. The van der Waals surface area contributed by atoms with E-state index < -0.39 is 11.8 Å². The van der Waals surface area contributed by atoms with Crippen LogP contribution in [0.2, 0.25) is 0 Å². The lowest BCUT2D eigenvalue weighted by Gasteiger charge is -2.17. The molecule has 0 aliphatic heterocycles. The minimum Gasteiger partial charge on any atom is -0.489 e. The zero-order valence-corrected chi connectivity index (χ0v) is 16.0. The van der Waals surface area contributed by atoms with Gasteiger partial charge in [0.25, 0.3) is 0 Å². The second-order valence-electron chi connectivity index (χ2n) is 6.55. The molecule has 0 spiro atoms. The molecular formula is C23H21FN2O3. The summed E-state index contributed by atoms with van der Waals surface area (Å²) in [5.41, 5.74) is 2.20. The van der Waals surface area contributed by atoms with Gasteiger partial charge in [-0.2, -0.15) is 0 Å². The number of anilines is 1. The molecule has 0 unspecified atom stereocenters. The fourth-order valence-electron chi connectivity index (χ4n) is 2.75. The number of benzene rings is 3. The third-order valence-electron chi connectivity index (χ3n) is 4.19. The highest BCUT2D eigenvalue weighted by atomic mass is 19.1. The van der Waals surface area contributed by atoms with E-state index in [-0.39, 0.29) is 12.4 Å². The maximum absolute atomic E-state index is 13.2. The number of carbonyl (C=O) groups is 2. The molecule has 0 aromatic heterocycles. The molecule has 3 aromatic rings. The Balaban J connectivity index is 1.57. The van der Waals surface area contributed by atoms with Crippen LogP contribution in [0.3, 0.4) is 0 Å². The molecule has 0 atom stereocenters. The van der Waals surface area contributed by atoms with E-state index in [2.05, 4.69) is 5.32 Å². The quantitative estimate of drug-likeness (QED) is 0.645. The lowest BCUT2D eigenvalue weighted by molar-refractivity contribution is -0.142. The Bertz CT molecular complexity index is 992. The van der Waals surface area contributed by atoms with Crippen LogP contribution in [0, 0.1) is 5.82 Å². The SMILES string of the molecule is CN(Cc1ccccc1)C(=O)C(=O)Nc1cccc(COc2cccc(F)c2)c1. The van der Waals surface area contributed by atoms with Gasteiger partial charge in [-0.25, -0.2) is 4.39 Å². The van der Waals surface area contributed by atoms with Crippen molar-refractivity contribution >= 4 is 17.5 Å². The van der Waals surface area contributed by atoms with Crippen molar-refractivity contribution in [3.05, 3.63) is 95.8 Å². The lowest BCUT2D eigenvalue weighted by atomic mass is 10.2. The Morgan fingerprint density at radius 1 is 0.931 bits per heavy atom. The third kappa shape index (κ3) is 5.90. The highest BCUT2D eigenvalue weighted by Gasteiger charge is 2.19. The number of nitrogens with zero attached hydrogens (tertiary/aromatic N) is 1. The van der Waals surface area contributed by atoms with Crippen molar-refractivity contribution in [2.75, 3.05) is 12.4 Å². The van der Waals surface area contributed by atoms with Crippen molar-refractivity contribution in [3.63, 3.8) is 0 Å². The van der Waals surface area contributed by atoms with E-state index in [1.165, 1.54) is 17.0 Å². The number of amides is 2. The first-order valence-corrected chi connectivity index (χ1v) is 9.09. The molecule has 5 nitrogen and oxygen atoms in total. The van der Waals surface area contributed by atoms with Crippen molar-refractivity contribution in [3.8, 4) is 5.75 Å². The van der Waals surface area contributed by atoms with E-state index in [0.29, 0.717) is 18.0 Å². The monoisotopic (exact) mass is 392 g/mol.